The lowest BCUT2D eigenvalue weighted by atomic mass is 10.0. The van der Waals surface area contributed by atoms with Gasteiger partial charge in [0, 0.05) is 30.7 Å². The maximum absolute atomic E-state index is 14.1. The number of hydrogen-bond donors (Lipinski definition) is 2. The summed E-state index contributed by atoms with van der Waals surface area (Å²) in [6.45, 7) is 0.715. The molecule has 3 atom stereocenters. The number of β-lactam (4-membered cyclic amide) rings is 1. The number of rotatable bonds is 12. The highest BCUT2D eigenvalue weighted by Gasteiger charge is 2.55. The Morgan fingerprint density at radius 3 is 2.24 bits per heavy atom. The van der Waals surface area contributed by atoms with Gasteiger partial charge in [0.25, 0.3) is 5.91 Å². The number of thioether (sulfide) groups is 1. The van der Waals surface area contributed by atoms with E-state index >= 15 is 0 Å². The number of carbonyl (C=O) groups is 5. The van der Waals surface area contributed by atoms with Crippen LogP contribution in [0.1, 0.15) is 29.8 Å². The minimum atomic E-state index is -1.78. The van der Waals surface area contributed by atoms with E-state index in [1.807, 2.05) is 60.7 Å². The molecule has 0 aliphatic carbocycles. The molecule has 2 aromatic carbocycles. The molecule has 18 heteroatoms. The van der Waals surface area contributed by atoms with Crippen molar-refractivity contribution in [3.63, 3.8) is 0 Å². The number of nitrogens with one attached hydrogen (secondary N) is 2. The number of halogens is 3. The van der Waals surface area contributed by atoms with Crippen LogP contribution in [-0.2, 0) is 44.5 Å². The average molecular weight is 784 g/mol. The summed E-state index contributed by atoms with van der Waals surface area (Å²) >= 11 is 19.0. The molecule has 2 aliphatic heterocycles. The highest BCUT2D eigenvalue weighted by Crippen LogP contribution is 2.43. The Kier molecular flexibility index (Phi) is 12.3. The second-order valence-corrected chi connectivity index (χ2v) is 15.2. The number of amides is 3. The minimum absolute atomic E-state index is 0.119. The van der Waals surface area contributed by atoms with Crippen molar-refractivity contribution < 1.29 is 42.9 Å². The molecule has 5 rings (SSSR count). The summed E-state index contributed by atoms with van der Waals surface area (Å²) in [5.74, 6) is -2.48. The fraction of sp³-hybridized carbons (Fsp3) is 0.312. The van der Waals surface area contributed by atoms with Crippen molar-refractivity contribution in [2.24, 2.45) is 0 Å². The molecule has 3 aromatic rings. The van der Waals surface area contributed by atoms with E-state index in [1.165, 1.54) is 30.7 Å². The fourth-order valence-corrected chi connectivity index (χ4v) is 7.30. The quantitative estimate of drug-likeness (QED) is 0.0824. The molecule has 3 heterocycles. The maximum Gasteiger partial charge on any atom is 0.413 e. The molecule has 0 spiro atoms. The minimum Gasteiger partial charge on any atom is -0.448 e. The van der Waals surface area contributed by atoms with E-state index in [1.54, 1.807) is 5.38 Å². The van der Waals surface area contributed by atoms with Gasteiger partial charge in [0.1, 0.15) is 23.7 Å². The number of carbonyl (C=O) groups excluding carboxylic acids is 5. The third-order valence-corrected chi connectivity index (χ3v) is 9.61. The molecule has 1 unspecified atom stereocenters. The van der Waals surface area contributed by atoms with Crippen molar-refractivity contribution >= 4 is 92.9 Å². The van der Waals surface area contributed by atoms with Gasteiger partial charge in [-0.2, -0.15) is 0 Å². The summed E-state index contributed by atoms with van der Waals surface area (Å²) in [5, 5.41) is 6.10. The number of methoxy groups -OCH3 is 1. The fourth-order valence-electron chi connectivity index (χ4n) is 5.08. The highest BCUT2D eigenvalue weighted by atomic mass is 35.6. The van der Waals surface area contributed by atoms with E-state index in [-0.39, 0.29) is 28.6 Å². The zero-order chi connectivity index (χ0) is 36.0. The van der Waals surface area contributed by atoms with Gasteiger partial charge in [-0.3, -0.25) is 24.6 Å². The van der Waals surface area contributed by atoms with Crippen LogP contribution < -0.4 is 10.6 Å². The molecule has 2 aliphatic rings. The van der Waals surface area contributed by atoms with Crippen molar-refractivity contribution in [1.29, 1.82) is 0 Å². The van der Waals surface area contributed by atoms with Crippen molar-refractivity contribution in [3.8, 4) is 0 Å². The van der Waals surface area contributed by atoms with Gasteiger partial charge in [-0.25, -0.2) is 14.6 Å². The Hall–Kier alpha value is -3.86. The molecule has 2 N–H and O–H groups in total. The van der Waals surface area contributed by atoms with Crippen molar-refractivity contribution in [3.05, 3.63) is 94.1 Å². The van der Waals surface area contributed by atoms with Gasteiger partial charge in [-0.1, -0.05) is 95.5 Å². The Morgan fingerprint density at radius 1 is 1.02 bits per heavy atom. The number of anilines is 1. The van der Waals surface area contributed by atoms with Crippen LogP contribution in [0.2, 0.25) is 0 Å². The predicted octanol–water partition coefficient (Wildman–Crippen LogP) is 5.13. The molecule has 50 heavy (non-hydrogen) atoms. The van der Waals surface area contributed by atoms with Crippen LogP contribution in [0.15, 0.2) is 77.3 Å². The maximum atomic E-state index is 14.1. The molecular weight excluding hydrogens is 755 g/mol. The zero-order valence-electron chi connectivity index (χ0n) is 26.3. The van der Waals surface area contributed by atoms with Gasteiger partial charge in [-0.15, -0.1) is 23.1 Å². The standard InChI is InChI=1S/C32H29Cl3N4O9S2/c1-17(40)47-29(45-2)21-15-49-27-23(37-22(41)13-20-14-50-30(36-20)38-31(44)46-16-32(33,34)35)26(42)39(27)24(21)28(43)48-25(18-9-5-3-6-10-18)19-11-7-4-8-12-19/h3-12,14,23,25,27,29H,13,15-16H2,1-2H3,(H,37,41)(H,36,38,44)/t23-,27+,29?/m0/s1. The van der Waals surface area contributed by atoms with E-state index in [4.69, 9.17) is 53.8 Å². The molecule has 0 bridgehead atoms. The number of alkyl halides is 3. The molecular formula is C32H29Cl3N4O9S2. The summed E-state index contributed by atoms with van der Waals surface area (Å²) < 4.78 is 19.9. The van der Waals surface area contributed by atoms with Crippen LogP contribution in [-0.4, -0.2) is 80.7 Å². The number of ether oxygens (including phenoxy) is 4. The monoisotopic (exact) mass is 782 g/mol. The van der Waals surface area contributed by atoms with E-state index in [9.17, 15) is 24.0 Å². The van der Waals surface area contributed by atoms with Crippen LogP contribution in [0.5, 0.6) is 0 Å². The van der Waals surface area contributed by atoms with E-state index in [0.717, 1.165) is 11.3 Å². The van der Waals surface area contributed by atoms with E-state index in [0.29, 0.717) is 16.8 Å². The topological polar surface area (TPSA) is 162 Å². The first-order valence-corrected chi connectivity index (χ1v) is 17.8. The van der Waals surface area contributed by atoms with Crippen LogP contribution in [0.25, 0.3) is 0 Å². The van der Waals surface area contributed by atoms with Crippen LogP contribution >= 0.6 is 57.9 Å². The van der Waals surface area contributed by atoms with Gasteiger partial charge < -0.3 is 24.3 Å². The molecule has 264 valence electrons. The molecule has 0 saturated carbocycles. The number of fused-ring (bicyclic) bond motifs is 1. The van der Waals surface area contributed by atoms with E-state index in [2.05, 4.69) is 15.6 Å². The SMILES string of the molecule is COC(OC(C)=O)C1=C(C(=O)OC(c2ccccc2)c2ccccc2)N2C(=O)[C@H](NC(=O)Cc3csc(NC(=O)OCC(Cl)(Cl)Cl)n3)[C@H]2SC1. The van der Waals surface area contributed by atoms with Crippen LogP contribution in [0.4, 0.5) is 9.93 Å². The highest BCUT2D eigenvalue weighted by molar-refractivity contribution is 8.00. The predicted molar refractivity (Wildman–Crippen MR) is 187 cm³/mol. The lowest BCUT2D eigenvalue weighted by Gasteiger charge is -2.50. The molecule has 0 radical (unpaired) electrons. The van der Waals surface area contributed by atoms with Gasteiger partial charge in [0.15, 0.2) is 11.2 Å². The van der Waals surface area contributed by atoms with Gasteiger partial charge in [0.05, 0.1) is 12.1 Å². The van der Waals surface area contributed by atoms with Crippen LogP contribution in [0, 0.1) is 0 Å². The first kappa shape index (κ1) is 37.4. The van der Waals surface area contributed by atoms with Crippen LogP contribution in [0.3, 0.4) is 0 Å². The summed E-state index contributed by atoms with van der Waals surface area (Å²) in [7, 11) is 1.31. The Balaban J connectivity index is 1.32. The number of esters is 2. The van der Waals surface area contributed by atoms with Crippen molar-refractivity contribution in [2.45, 2.75) is 40.9 Å². The normalized spacial score (nSPS) is 17.7. The smallest absolute Gasteiger partial charge is 0.413 e. The van der Waals surface area contributed by atoms with Gasteiger partial charge >= 0.3 is 18.0 Å². The summed E-state index contributed by atoms with van der Waals surface area (Å²) in [4.78, 5) is 70.1. The van der Waals surface area contributed by atoms with Gasteiger partial charge in [0.2, 0.25) is 16.0 Å². The number of benzene rings is 2. The lowest BCUT2D eigenvalue weighted by molar-refractivity contribution is -0.166. The third-order valence-electron chi connectivity index (χ3n) is 7.18. The molecule has 3 amide bonds. The molecule has 1 fully saturated rings. The molecule has 1 saturated heterocycles. The average Bonchev–Trinajstić information content (AvgIpc) is 3.53. The summed E-state index contributed by atoms with van der Waals surface area (Å²) in [6, 6.07) is 17.2. The summed E-state index contributed by atoms with van der Waals surface area (Å²) in [6.07, 6.45) is -3.22. The number of hydrogen-bond acceptors (Lipinski definition) is 12. The second kappa shape index (κ2) is 16.4. The summed E-state index contributed by atoms with van der Waals surface area (Å²) in [5.41, 5.74) is 1.79. The Morgan fingerprint density at radius 2 is 1.66 bits per heavy atom. The number of thiazole rings is 1. The van der Waals surface area contributed by atoms with Gasteiger partial charge in [-0.05, 0) is 11.1 Å². The number of nitrogens with zero attached hydrogens (tertiary/aromatic N) is 2. The first-order chi connectivity index (χ1) is 23.8. The lowest BCUT2D eigenvalue weighted by Crippen LogP contribution is -2.71. The van der Waals surface area contributed by atoms with E-state index < -0.39 is 64.1 Å². The Bertz CT molecular complexity index is 1730. The molecule has 13 nitrogen and oxygen atoms in total. The molecule has 1 aromatic heterocycles. The second-order valence-electron chi connectivity index (χ2n) is 10.7. The Labute approximate surface area is 309 Å². The van der Waals surface area contributed by atoms with Crippen molar-refractivity contribution in [1.82, 2.24) is 15.2 Å². The largest absolute Gasteiger partial charge is 0.448 e. The van der Waals surface area contributed by atoms with Crippen molar-refractivity contribution in [2.75, 3.05) is 24.8 Å². The number of aromatic nitrogens is 1. The first-order valence-electron chi connectivity index (χ1n) is 14.8. The third kappa shape index (κ3) is 9.27. The zero-order valence-corrected chi connectivity index (χ0v) is 30.2.